The molecule has 3 amide bonds. The number of aryl methyl sites for hydroxylation is 1. The van der Waals surface area contributed by atoms with Crippen LogP contribution in [0.15, 0.2) is 97.1 Å². The fourth-order valence-corrected chi connectivity index (χ4v) is 6.04. The number of imide groups is 1. The first-order valence-corrected chi connectivity index (χ1v) is 14.9. The van der Waals surface area contributed by atoms with Gasteiger partial charge >= 0.3 is 0 Å². The molecule has 1 heterocycles. The van der Waals surface area contributed by atoms with E-state index in [-0.39, 0.29) is 22.3 Å². The lowest BCUT2D eigenvalue weighted by molar-refractivity contribution is -0.129. The quantitative estimate of drug-likeness (QED) is 0.225. The summed E-state index contributed by atoms with van der Waals surface area (Å²) < 4.78 is 0. The normalized spacial score (nSPS) is 14.6. The maximum atomic E-state index is 13.3. The van der Waals surface area contributed by atoms with Crippen LogP contribution in [0.3, 0.4) is 0 Å². The molecular formula is C35H34N2O3S. The lowest BCUT2D eigenvalue weighted by Gasteiger charge is -2.19. The molecule has 6 heteroatoms. The molecule has 5 nitrogen and oxygen atoms in total. The molecule has 1 fully saturated rings. The van der Waals surface area contributed by atoms with Crippen molar-refractivity contribution in [3.63, 3.8) is 0 Å². The van der Waals surface area contributed by atoms with Crippen LogP contribution in [-0.4, -0.2) is 34.3 Å². The lowest BCUT2D eigenvalue weighted by atomic mass is 9.96. The Morgan fingerprint density at radius 3 is 2.22 bits per heavy atom. The Morgan fingerprint density at radius 2 is 1.51 bits per heavy atom. The van der Waals surface area contributed by atoms with Crippen molar-refractivity contribution in [3.05, 3.63) is 119 Å². The highest BCUT2D eigenvalue weighted by molar-refractivity contribution is 8.15. The van der Waals surface area contributed by atoms with Gasteiger partial charge in [-0.3, -0.25) is 19.7 Å². The SMILES string of the molecule is CCCc1ccc(-c2ccccc2CC(=O)N(C)Cc2cccc(-c3ccc(CC4SC(=O)NC4=O)cc3)c2)cc1. The number of nitrogens with one attached hydrogen (secondary N) is 1. The maximum Gasteiger partial charge on any atom is 0.286 e. The largest absolute Gasteiger partial charge is 0.341 e. The summed E-state index contributed by atoms with van der Waals surface area (Å²) in [6.07, 6.45) is 3.05. The van der Waals surface area contributed by atoms with E-state index in [1.54, 1.807) is 4.90 Å². The van der Waals surface area contributed by atoms with Crippen LogP contribution in [-0.2, 0) is 35.4 Å². The third-order valence-corrected chi connectivity index (χ3v) is 8.39. The molecular weight excluding hydrogens is 528 g/mol. The molecule has 0 spiro atoms. The molecule has 0 radical (unpaired) electrons. The Balaban J connectivity index is 1.23. The minimum atomic E-state index is -0.372. The standard InChI is InChI=1S/C35H34N2O3S/c1-3-7-24-12-18-28(19-13-24)31-11-5-4-9-30(31)22-33(38)37(2)23-26-8-6-10-29(20-26)27-16-14-25(15-17-27)21-32-34(39)36-35(40)41-32/h4-6,8-20,32H,3,7,21-23H2,1-2H3,(H,36,39,40). The van der Waals surface area contributed by atoms with Gasteiger partial charge in [-0.25, -0.2) is 0 Å². The van der Waals surface area contributed by atoms with Crippen molar-refractivity contribution >= 4 is 28.8 Å². The predicted molar refractivity (Wildman–Crippen MR) is 167 cm³/mol. The Bertz CT molecular complexity index is 1550. The molecule has 4 aromatic carbocycles. The van der Waals surface area contributed by atoms with E-state index in [2.05, 4.69) is 54.7 Å². The Kier molecular flexibility index (Phi) is 9.00. The van der Waals surface area contributed by atoms with E-state index >= 15 is 0 Å². The molecule has 1 aliphatic rings. The number of nitrogens with zero attached hydrogens (tertiary/aromatic N) is 1. The Morgan fingerprint density at radius 1 is 0.805 bits per heavy atom. The van der Waals surface area contributed by atoms with Crippen LogP contribution in [0.4, 0.5) is 4.79 Å². The van der Waals surface area contributed by atoms with Crippen LogP contribution in [0.1, 0.15) is 35.6 Å². The summed E-state index contributed by atoms with van der Waals surface area (Å²) in [7, 11) is 1.86. The highest BCUT2D eigenvalue weighted by Gasteiger charge is 2.31. The molecule has 1 aliphatic heterocycles. The smallest absolute Gasteiger partial charge is 0.286 e. The minimum Gasteiger partial charge on any atom is -0.341 e. The van der Waals surface area contributed by atoms with Crippen molar-refractivity contribution < 1.29 is 14.4 Å². The number of amides is 3. The maximum absolute atomic E-state index is 13.3. The zero-order chi connectivity index (χ0) is 28.8. The monoisotopic (exact) mass is 562 g/mol. The molecule has 4 aromatic rings. The minimum absolute atomic E-state index is 0.0714. The van der Waals surface area contributed by atoms with Gasteiger partial charge in [0.1, 0.15) is 0 Å². The summed E-state index contributed by atoms with van der Waals surface area (Å²) in [5.41, 5.74) is 8.78. The molecule has 1 saturated heterocycles. The van der Waals surface area contributed by atoms with E-state index in [4.69, 9.17) is 0 Å². The zero-order valence-electron chi connectivity index (χ0n) is 23.4. The number of hydrogen-bond donors (Lipinski definition) is 1. The van der Waals surface area contributed by atoms with Gasteiger partial charge in [0.2, 0.25) is 11.8 Å². The highest BCUT2D eigenvalue weighted by atomic mass is 32.2. The average molecular weight is 563 g/mol. The second-order valence-corrected chi connectivity index (χ2v) is 11.7. The summed E-state index contributed by atoms with van der Waals surface area (Å²) >= 11 is 1.05. The molecule has 5 rings (SSSR count). The van der Waals surface area contributed by atoms with E-state index in [9.17, 15) is 14.4 Å². The summed E-state index contributed by atoms with van der Waals surface area (Å²) in [6, 6.07) is 33.1. The van der Waals surface area contributed by atoms with Crippen LogP contribution in [0.25, 0.3) is 22.3 Å². The van der Waals surface area contributed by atoms with Gasteiger partial charge in [-0.15, -0.1) is 0 Å². The van der Waals surface area contributed by atoms with Crippen LogP contribution < -0.4 is 5.32 Å². The fourth-order valence-electron chi connectivity index (χ4n) is 5.18. The first-order valence-electron chi connectivity index (χ1n) is 14.0. The van der Waals surface area contributed by atoms with E-state index < -0.39 is 0 Å². The molecule has 0 saturated carbocycles. The van der Waals surface area contributed by atoms with Gasteiger partial charge in [0.05, 0.1) is 11.7 Å². The van der Waals surface area contributed by atoms with Gasteiger partial charge in [-0.1, -0.05) is 116 Å². The highest BCUT2D eigenvalue weighted by Crippen LogP contribution is 2.27. The molecule has 1 unspecified atom stereocenters. The van der Waals surface area contributed by atoms with E-state index in [1.807, 2.05) is 61.6 Å². The Hall–Kier alpha value is -4.16. The van der Waals surface area contributed by atoms with Crippen molar-refractivity contribution in [2.24, 2.45) is 0 Å². The van der Waals surface area contributed by atoms with Crippen molar-refractivity contribution in [1.82, 2.24) is 10.2 Å². The van der Waals surface area contributed by atoms with Crippen molar-refractivity contribution in [3.8, 4) is 22.3 Å². The second-order valence-electron chi connectivity index (χ2n) is 10.5. The third kappa shape index (κ3) is 7.14. The number of carbonyl (C=O) groups excluding carboxylic acids is 3. The molecule has 1 N–H and O–H groups in total. The van der Waals surface area contributed by atoms with E-state index in [1.165, 1.54) is 5.56 Å². The van der Waals surface area contributed by atoms with Crippen LogP contribution in [0.5, 0.6) is 0 Å². The molecule has 208 valence electrons. The van der Waals surface area contributed by atoms with Crippen LogP contribution in [0.2, 0.25) is 0 Å². The van der Waals surface area contributed by atoms with E-state index in [0.29, 0.717) is 19.4 Å². The van der Waals surface area contributed by atoms with Gasteiger partial charge in [0.15, 0.2) is 0 Å². The van der Waals surface area contributed by atoms with Gasteiger partial charge < -0.3 is 4.90 Å². The number of likely N-dealkylation sites (N-methyl/N-ethyl adjacent to an activating group) is 1. The number of rotatable bonds is 10. The van der Waals surface area contributed by atoms with Crippen molar-refractivity contribution in [2.75, 3.05) is 7.05 Å². The molecule has 0 aliphatic carbocycles. The van der Waals surface area contributed by atoms with Crippen molar-refractivity contribution in [2.45, 2.75) is 44.4 Å². The van der Waals surface area contributed by atoms with E-state index in [0.717, 1.165) is 63.5 Å². The average Bonchev–Trinajstić information content (AvgIpc) is 3.30. The summed E-state index contributed by atoms with van der Waals surface area (Å²) in [4.78, 5) is 38.4. The Labute approximate surface area is 246 Å². The number of carbonyl (C=O) groups is 3. The fraction of sp³-hybridized carbons (Fsp3) is 0.229. The lowest BCUT2D eigenvalue weighted by Crippen LogP contribution is -2.27. The molecule has 0 aromatic heterocycles. The van der Waals surface area contributed by atoms with Gasteiger partial charge in [0, 0.05) is 13.6 Å². The predicted octanol–water partition coefficient (Wildman–Crippen LogP) is 7.07. The van der Waals surface area contributed by atoms with Gasteiger partial charge in [0.25, 0.3) is 5.24 Å². The summed E-state index contributed by atoms with van der Waals surface area (Å²) in [6.45, 7) is 2.70. The first kappa shape index (κ1) is 28.4. The molecule has 1 atom stereocenters. The number of hydrogen-bond acceptors (Lipinski definition) is 4. The molecule has 0 bridgehead atoms. The number of benzene rings is 4. The summed E-state index contributed by atoms with van der Waals surface area (Å²) in [5.74, 6) is -0.151. The zero-order valence-corrected chi connectivity index (χ0v) is 24.2. The van der Waals surface area contributed by atoms with Crippen LogP contribution in [0, 0.1) is 0 Å². The molecule has 41 heavy (non-hydrogen) atoms. The third-order valence-electron chi connectivity index (χ3n) is 7.41. The summed E-state index contributed by atoms with van der Waals surface area (Å²) in [5, 5.41) is 1.69. The first-order chi connectivity index (χ1) is 19.9. The van der Waals surface area contributed by atoms with Gasteiger partial charge in [-0.05, 0) is 63.4 Å². The van der Waals surface area contributed by atoms with Gasteiger partial charge in [-0.2, -0.15) is 0 Å². The second kappa shape index (κ2) is 13.0. The number of thioether (sulfide) groups is 1. The topological polar surface area (TPSA) is 66.5 Å². The van der Waals surface area contributed by atoms with Crippen molar-refractivity contribution in [1.29, 1.82) is 0 Å². The van der Waals surface area contributed by atoms with Crippen LogP contribution >= 0.6 is 11.8 Å².